The highest BCUT2D eigenvalue weighted by atomic mass is 16.6. The zero-order valence-electron chi connectivity index (χ0n) is 45.1. The molecule has 392 valence electrons. The second-order valence-electron chi connectivity index (χ2n) is 19.2. The molecule has 1 atom stereocenters. The van der Waals surface area contributed by atoms with E-state index in [2.05, 4.69) is 106 Å². The third-order valence-electron chi connectivity index (χ3n) is 12.4. The van der Waals surface area contributed by atoms with Gasteiger partial charge in [0.2, 0.25) is 0 Å². The molecule has 0 bridgehead atoms. The van der Waals surface area contributed by atoms with Gasteiger partial charge in [0.05, 0.1) is 6.61 Å². The van der Waals surface area contributed by atoms with E-state index in [9.17, 15) is 9.59 Å². The van der Waals surface area contributed by atoms with Crippen molar-refractivity contribution in [2.45, 2.75) is 284 Å². The van der Waals surface area contributed by atoms with Crippen molar-refractivity contribution in [2.24, 2.45) is 0 Å². The summed E-state index contributed by atoms with van der Waals surface area (Å²) in [5, 5.41) is 0. The Kier molecular flexibility index (Phi) is 55.9. The fraction of sp³-hybridized carbons (Fsp3) is 0.746. The molecule has 0 saturated heterocycles. The number of hydrogen-bond donors (Lipinski definition) is 0. The first-order valence-corrected chi connectivity index (χ1v) is 29.1. The van der Waals surface area contributed by atoms with Crippen LogP contribution in [0.3, 0.4) is 0 Å². The fourth-order valence-electron chi connectivity index (χ4n) is 8.11. The molecule has 0 fully saturated rings. The molecule has 0 spiro atoms. The molecule has 0 aliphatic heterocycles. The van der Waals surface area contributed by atoms with Crippen LogP contribution in [0.25, 0.3) is 0 Å². The van der Waals surface area contributed by atoms with Crippen LogP contribution in [-0.4, -0.2) is 37.9 Å². The third kappa shape index (κ3) is 55.7. The summed E-state index contributed by atoms with van der Waals surface area (Å²) in [5.74, 6) is -0.420. The summed E-state index contributed by atoms with van der Waals surface area (Å²) >= 11 is 0. The molecule has 0 aliphatic carbocycles. The van der Waals surface area contributed by atoms with E-state index in [-0.39, 0.29) is 25.2 Å². The molecule has 0 heterocycles. The Morgan fingerprint density at radius 3 is 1.12 bits per heavy atom. The number of carbonyl (C=O) groups excluding carboxylic acids is 2. The fourth-order valence-corrected chi connectivity index (χ4v) is 8.11. The van der Waals surface area contributed by atoms with E-state index in [1.165, 1.54) is 141 Å². The molecule has 0 N–H and O–H groups in total. The number of unbranched alkanes of at least 4 members (excludes halogenated alkanes) is 28. The van der Waals surface area contributed by atoms with Crippen molar-refractivity contribution in [1.29, 1.82) is 0 Å². The second-order valence-corrected chi connectivity index (χ2v) is 19.2. The molecular formula is C63H110O5. The Morgan fingerprint density at radius 2 is 0.691 bits per heavy atom. The predicted molar refractivity (Wildman–Crippen MR) is 297 cm³/mol. The molecular weight excluding hydrogens is 837 g/mol. The van der Waals surface area contributed by atoms with Crippen molar-refractivity contribution < 1.29 is 23.8 Å². The summed E-state index contributed by atoms with van der Waals surface area (Å²) in [7, 11) is 0. The second kappa shape index (κ2) is 58.4. The van der Waals surface area contributed by atoms with Crippen LogP contribution in [0.15, 0.2) is 85.1 Å². The predicted octanol–water partition coefficient (Wildman–Crippen LogP) is 20.0. The molecule has 0 rings (SSSR count). The normalized spacial score (nSPS) is 12.8. The minimum atomic E-state index is -0.560. The number of allylic oxidation sites excluding steroid dienone is 14. The van der Waals surface area contributed by atoms with E-state index in [0.717, 1.165) is 103 Å². The maximum absolute atomic E-state index is 12.8. The zero-order valence-corrected chi connectivity index (χ0v) is 45.1. The Balaban J connectivity index is 4.29. The summed E-state index contributed by atoms with van der Waals surface area (Å²) in [6, 6.07) is 0. The standard InChI is InChI=1S/C63H110O5/c1-4-7-10-13-16-19-22-25-27-29-31-33-35-37-40-43-46-49-52-55-58-66-59-61(68-63(65)57-54-51-48-45-42-38-24-21-18-15-12-9-6-3)60-67-62(64)56-53-50-47-44-41-39-36-34-32-30-28-26-23-20-17-14-11-8-5-2/h7,10,12,15-16,19,21,24-25,27,31,33,37,40,61H,4-6,8-9,11,13-14,17-18,20,22-23,26,28-30,32,34-36,38-39,41-60H2,1-3H3/b10-7-,15-12-,19-16-,24-21-,27-25-,33-31-,40-37-. The molecule has 68 heavy (non-hydrogen) atoms. The van der Waals surface area contributed by atoms with Gasteiger partial charge in [-0.05, 0) is 89.9 Å². The Labute approximate surface area is 422 Å². The zero-order chi connectivity index (χ0) is 49.2. The molecule has 0 aromatic carbocycles. The smallest absolute Gasteiger partial charge is 0.306 e. The highest BCUT2D eigenvalue weighted by Gasteiger charge is 2.17. The number of ether oxygens (including phenoxy) is 3. The summed E-state index contributed by atoms with van der Waals surface area (Å²) in [4.78, 5) is 25.5. The first-order chi connectivity index (χ1) is 33.6. The summed E-state index contributed by atoms with van der Waals surface area (Å²) in [6.45, 7) is 7.61. The van der Waals surface area contributed by atoms with Gasteiger partial charge in [-0.2, -0.15) is 0 Å². The number of carbonyl (C=O) groups is 2. The topological polar surface area (TPSA) is 61.8 Å². The molecule has 0 aromatic heterocycles. The maximum Gasteiger partial charge on any atom is 0.306 e. The maximum atomic E-state index is 12.8. The van der Waals surface area contributed by atoms with Gasteiger partial charge in [0.1, 0.15) is 6.61 Å². The van der Waals surface area contributed by atoms with E-state index in [4.69, 9.17) is 14.2 Å². The highest BCUT2D eigenvalue weighted by molar-refractivity contribution is 5.70. The first-order valence-electron chi connectivity index (χ1n) is 29.1. The van der Waals surface area contributed by atoms with Crippen molar-refractivity contribution in [1.82, 2.24) is 0 Å². The van der Waals surface area contributed by atoms with Gasteiger partial charge in [0.25, 0.3) is 0 Å². The summed E-state index contributed by atoms with van der Waals surface area (Å²) in [6.07, 6.45) is 77.5. The lowest BCUT2D eigenvalue weighted by molar-refractivity contribution is -0.163. The van der Waals surface area contributed by atoms with Crippen molar-refractivity contribution in [3.05, 3.63) is 85.1 Å². The molecule has 0 aromatic rings. The van der Waals surface area contributed by atoms with Gasteiger partial charge >= 0.3 is 11.9 Å². The van der Waals surface area contributed by atoms with E-state index >= 15 is 0 Å². The van der Waals surface area contributed by atoms with Crippen LogP contribution < -0.4 is 0 Å². The molecule has 1 unspecified atom stereocenters. The largest absolute Gasteiger partial charge is 0.462 e. The van der Waals surface area contributed by atoms with Crippen molar-refractivity contribution in [2.75, 3.05) is 19.8 Å². The van der Waals surface area contributed by atoms with Crippen LogP contribution in [0.1, 0.15) is 278 Å². The SMILES string of the molecule is CC/C=C\C/C=C\C/C=C\C/C=C\C/C=C\CCCCCCOCC(COC(=O)CCCCCCCCCCCCCCCCCCCCC)OC(=O)CCCCCCC/C=C\C/C=C\CCC. The third-order valence-corrected chi connectivity index (χ3v) is 12.4. The van der Waals surface area contributed by atoms with Gasteiger partial charge < -0.3 is 14.2 Å². The summed E-state index contributed by atoms with van der Waals surface area (Å²) < 4.78 is 17.4. The van der Waals surface area contributed by atoms with Crippen LogP contribution in [0.5, 0.6) is 0 Å². The first kappa shape index (κ1) is 65.1. The van der Waals surface area contributed by atoms with E-state index in [1.807, 2.05) is 0 Å². The van der Waals surface area contributed by atoms with Crippen LogP contribution in [0.2, 0.25) is 0 Å². The van der Waals surface area contributed by atoms with Crippen LogP contribution >= 0.6 is 0 Å². The molecule has 0 saturated carbocycles. The lowest BCUT2D eigenvalue weighted by Crippen LogP contribution is -2.30. The molecule has 0 radical (unpaired) electrons. The van der Waals surface area contributed by atoms with E-state index in [1.54, 1.807) is 0 Å². The van der Waals surface area contributed by atoms with Crippen LogP contribution in [-0.2, 0) is 23.8 Å². The lowest BCUT2D eigenvalue weighted by Gasteiger charge is -2.18. The van der Waals surface area contributed by atoms with Crippen molar-refractivity contribution >= 4 is 11.9 Å². The van der Waals surface area contributed by atoms with E-state index < -0.39 is 6.10 Å². The Bertz CT molecular complexity index is 1250. The molecule has 5 heteroatoms. The van der Waals surface area contributed by atoms with Gasteiger partial charge in [0.15, 0.2) is 6.10 Å². The lowest BCUT2D eigenvalue weighted by atomic mass is 10.0. The van der Waals surface area contributed by atoms with Gasteiger partial charge in [-0.15, -0.1) is 0 Å². The molecule has 0 amide bonds. The average molecular weight is 948 g/mol. The van der Waals surface area contributed by atoms with Crippen molar-refractivity contribution in [3.8, 4) is 0 Å². The summed E-state index contributed by atoms with van der Waals surface area (Å²) in [5.41, 5.74) is 0. The van der Waals surface area contributed by atoms with Gasteiger partial charge in [-0.25, -0.2) is 0 Å². The highest BCUT2D eigenvalue weighted by Crippen LogP contribution is 2.16. The number of hydrogen-bond acceptors (Lipinski definition) is 5. The molecule has 5 nitrogen and oxygen atoms in total. The van der Waals surface area contributed by atoms with Crippen LogP contribution in [0, 0.1) is 0 Å². The minimum Gasteiger partial charge on any atom is -0.462 e. The average Bonchev–Trinajstić information content (AvgIpc) is 3.34. The Hall–Kier alpha value is -2.92. The van der Waals surface area contributed by atoms with E-state index in [0.29, 0.717) is 19.4 Å². The van der Waals surface area contributed by atoms with Gasteiger partial charge in [-0.1, -0.05) is 260 Å². The quantitative estimate of drug-likeness (QED) is 0.0345. The minimum absolute atomic E-state index is 0.0683. The Morgan fingerprint density at radius 1 is 0.338 bits per heavy atom. The number of rotatable bonds is 53. The monoisotopic (exact) mass is 947 g/mol. The van der Waals surface area contributed by atoms with Crippen LogP contribution in [0.4, 0.5) is 0 Å². The molecule has 0 aliphatic rings. The van der Waals surface area contributed by atoms with Crippen molar-refractivity contribution in [3.63, 3.8) is 0 Å². The van der Waals surface area contributed by atoms with Gasteiger partial charge in [0, 0.05) is 19.4 Å². The number of esters is 2. The van der Waals surface area contributed by atoms with Gasteiger partial charge in [-0.3, -0.25) is 9.59 Å².